The van der Waals surface area contributed by atoms with Crippen molar-refractivity contribution in [2.75, 3.05) is 13.2 Å². The normalized spacial score (nSPS) is 12.4. The molecule has 0 spiro atoms. The fourth-order valence-corrected chi connectivity index (χ4v) is 8.25. The third-order valence-corrected chi connectivity index (χ3v) is 17.0. The minimum atomic E-state index is -1.98. The summed E-state index contributed by atoms with van der Waals surface area (Å²) in [5.74, 6) is -3.83. The Bertz CT molecular complexity index is 1260. The number of benzene rings is 1. The molecular weight excluding hydrogens is 797 g/mol. The van der Waals surface area contributed by atoms with Crippen molar-refractivity contribution in [3.05, 3.63) is 35.4 Å². The van der Waals surface area contributed by atoms with E-state index >= 15 is 0 Å². The molecule has 10 heteroatoms. The van der Waals surface area contributed by atoms with Gasteiger partial charge in [-0.05, 0) is 42.1 Å². The Balaban J connectivity index is 2.70. The Labute approximate surface area is 380 Å². The molecule has 0 aliphatic rings. The molecule has 0 saturated heterocycles. The summed E-state index contributed by atoms with van der Waals surface area (Å²) in [4.78, 5) is 51.1. The second-order valence-electron chi connectivity index (χ2n) is 19.4. The van der Waals surface area contributed by atoms with E-state index in [1.165, 1.54) is 128 Å². The third-order valence-electron chi connectivity index (χ3n) is 12.6. The topological polar surface area (TPSA) is 125 Å². The van der Waals surface area contributed by atoms with Gasteiger partial charge in [0.25, 0.3) is 0 Å². The molecule has 0 aromatic heterocycles. The number of ether oxygens (including phenoxy) is 3. The van der Waals surface area contributed by atoms with Crippen LogP contribution in [0.5, 0.6) is 0 Å². The summed E-state index contributed by atoms with van der Waals surface area (Å²) in [6.45, 7) is 15.3. The van der Waals surface area contributed by atoms with Crippen LogP contribution in [0.15, 0.2) is 24.3 Å². The molecule has 0 aliphatic heterocycles. The average molecular weight is 889 g/mol. The first kappa shape index (κ1) is 57.3. The van der Waals surface area contributed by atoms with Gasteiger partial charge in [0.1, 0.15) is 13.2 Å². The zero-order chi connectivity index (χ0) is 45.9. The third kappa shape index (κ3) is 29.6. The van der Waals surface area contributed by atoms with E-state index in [4.69, 9.17) is 18.6 Å². The number of carbonyl (C=O) groups is 4. The molecule has 1 N–H and O–H groups in total. The fraction of sp³-hybridized carbons (Fsp3) is 0.808. The molecule has 0 saturated carbocycles. The van der Waals surface area contributed by atoms with Gasteiger partial charge in [0.2, 0.25) is 0 Å². The highest BCUT2D eigenvalue weighted by Gasteiger charge is 2.37. The summed E-state index contributed by atoms with van der Waals surface area (Å²) in [5, 5.41) is 9.82. The molecule has 1 rings (SSSR count). The number of hydrogen-bond donors (Lipinski definition) is 1. The molecule has 0 bridgehead atoms. The quantitative estimate of drug-likeness (QED) is 0.0297. The molecule has 9 nitrogen and oxygen atoms in total. The number of aliphatic carboxylic acids is 1. The van der Waals surface area contributed by atoms with Crippen molar-refractivity contribution in [3.8, 4) is 0 Å². The van der Waals surface area contributed by atoms with Gasteiger partial charge in [-0.3, -0.25) is 19.2 Å². The van der Waals surface area contributed by atoms with E-state index in [9.17, 15) is 24.3 Å². The number of carbonyl (C=O) groups excluding carboxylic acids is 3. The summed E-state index contributed by atoms with van der Waals surface area (Å²) in [6.07, 6.45) is 30.4. The van der Waals surface area contributed by atoms with Crippen LogP contribution in [-0.2, 0) is 44.4 Å². The maximum atomic E-state index is 13.7. The molecule has 1 aromatic rings. The Kier molecular flexibility index (Phi) is 32.9. The predicted octanol–water partition coefficient (Wildman–Crippen LogP) is 14.7. The van der Waals surface area contributed by atoms with E-state index in [-0.39, 0.29) is 31.1 Å². The molecule has 0 amide bonds. The highest BCUT2D eigenvalue weighted by molar-refractivity contribution is 6.74. The van der Waals surface area contributed by atoms with Crippen LogP contribution < -0.4 is 0 Å². The lowest BCUT2D eigenvalue weighted by atomic mass is 9.95. The molecule has 0 fully saturated rings. The highest BCUT2D eigenvalue weighted by atomic mass is 28.4. The molecule has 0 radical (unpaired) electrons. The molecule has 62 heavy (non-hydrogen) atoms. The van der Waals surface area contributed by atoms with Crippen LogP contribution in [0, 0.1) is 0 Å². The zero-order valence-electron chi connectivity index (χ0n) is 40.8. The van der Waals surface area contributed by atoms with Crippen molar-refractivity contribution < 1.29 is 42.9 Å². The Hall–Kier alpha value is -2.72. The SMILES string of the molecule is CCCCCCCCCCCCCCCC(=O)OCC(COC(=O)CCCCCCCCCCCCCCC)OC(=O)C(CC(=O)O)c1ccc(CO[Si](C)(C)C(C)(C)C)cc1. The first-order chi connectivity index (χ1) is 29.7. The van der Waals surface area contributed by atoms with Crippen LogP contribution in [0.25, 0.3) is 0 Å². The second-order valence-corrected chi connectivity index (χ2v) is 24.2. The summed E-state index contributed by atoms with van der Waals surface area (Å²) in [5.41, 5.74) is 1.41. The molecule has 1 aromatic carbocycles. The summed E-state index contributed by atoms with van der Waals surface area (Å²) >= 11 is 0. The Morgan fingerprint density at radius 1 is 0.565 bits per heavy atom. The Morgan fingerprint density at radius 3 is 1.26 bits per heavy atom. The first-order valence-electron chi connectivity index (χ1n) is 25.2. The maximum Gasteiger partial charge on any atom is 0.314 e. The smallest absolute Gasteiger partial charge is 0.314 e. The number of carboxylic acids is 1. The number of esters is 3. The van der Waals surface area contributed by atoms with Crippen molar-refractivity contribution in [3.63, 3.8) is 0 Å². The van der Waals surface area contributed by atoms with Crippen molar-refractivity contribution in [1.82, 2.24) is 0 Å². The van der Waals surface area contributed by atoms with Crippen LogP contribution in [0.3, 0.4) is 0 Å². The van der Waals surface area contributed by atoms with Crippen LogP contribution in [0.4, 0.5) is 0 Å². The van der Waals surface area contributed by atoms with Gasteiger partial charge in [-0.1, -0.05) is 213 Å². The van der Waals surface area contributed by atoms with Crippen LogP contribution in [-0.4, -0.2) is 56.6 Å². The minimum absolute atomic E-state index is 0.0564. The van der Waals surface area contributed by atoms with Crippen LogP contribution >= 0.6 is 0 Å². The second kappa shape index (κ2) is 35.6. The highest BCUT2D eigenvalue weighted by Crippen LogP contribution is 2.37. The van der Waals surface area contributed by atoms with Crippen molar-refractivity contribution >= 4 is 32.2 Å². The largest absolute Gasteiger partial charge is 0.481 e. The van der Waals surface area contributed by atoms with Crippen molar-refractivity contribution in [1.29, 1.82) is 0 Å². The Morgan fingerprint density at radius 2 is 0.919 bits per heavy atom. The number of unbranched alkanes of at least 4 members (excludes halogenated alkanes) is 24. The lowest BCUT2D eigenvalue weighted by Crippen LogP contribution is -2.40. The van der Waals surface area contributed by atoms with E-state index in [1.54, 1.807) is 12.1 Å². The van der Waals surface area contributed by atoms with E-state index < -0.39 is 50.6 Å². The zero-order valence-corrected chi connectivity index (χ0v) is 41.8. The van der Waals surface area contributed by atoms with Gasteiger partial charge in [-0.2, -0.15) is 0 Å². The van der Waals surface area contributed by atoms with E-state index in [1.807, 2.05) is 12.1 Å². The van der Waals surface area contributed by atoms with Crippen molar-refractivity contribution in [2.45, 2.75) is 258 Å². The van der Waals surface area contributed by atoms with E-state index in [2.05, 4.69) is 47.7 Å². The number of rotatable bonds is 40. The molecule has 358 valence electrons. The van der Waals surface area contributed by atoms with Gasteiger partial charge in [0.05, 0.1) is 18.9 Å². The van der Waals surface area contributed by atoms with Crippen LogP contribution in [0.1, 0.15) is 238 Å². The van der Waals surface area contributed by atoms with Gasteiger partial charge >= 0.3 is 23.9 Å². The van der Waals surface area contributed by atoms with Gasteiger partial charge in [0, 0.05) is 12.8 Å². The van der Waals surface area contributed by atoms with Gasteiger partial charge in [0.15, 0.2) is 14.4 Å². The fourth-order valence-electron chi connectivity index (χ4n) is 7.29. The van der Waals surface area contributed by atoms with Crippen molar-refractivity contribution in [2.24, 2.45) is 0 Å². The van der Waals surface area contributed by atoms with E-state index in [0.29, 0.717) is 25.0 Å². The minimum Gasteiger partial charge on any atom is -0.481 e. The molecule has 1 unspecified atom stereocenters. The summed E-state index contributed by atoms with van der Waals surface area (Å²) in [7, 11) is -1.98. The lowest BCUT2D eigenvalue weighted by molar-refractivity contribution is -0.168. The standard InChI is InChI=1S/C52H92O9Si/c1-8-10-12-14-16-18-20-22-24-26-28-30-32-34-49(55)58-42-46(43-59-50(56)35-33-31-29-27-25-23-21-19-17-15-13-11-9-2)61-51(57)47(40-48(53)54)45-38-36-44(37-39-45)41-60-62(6,7)52(3,4)5/h36-39,46-47H,8-35,40-43H2,1-7H3,(H,53,54). The molecule has 1 atom stereocenters. The van der Waals surface area contributed by atoms with E-state index in [0.717, 1.165) is 31.2 Å². The maximum absolute atomic E-state index is 13.7. The summed E-state index contributed by atoms with van der Waals surface area (Å²) < 4.78 is 23.2. The molecule has 0 heterocycles. The molecular formula is C52H92O9Si. The lowest BCUT2D eigenvalue weighted by Gasteiger charge is -2.36. The predicted molar refractivity (Wildman–Crippen MR) is 256 cm³/mol. The number of carboxylic acid groups (broad SMARTS) is 1. The average Bonchev–Trinajstić information content (AvgIpc) is 3.23. The van der Waals surface area contributed by atoms with Gasteiger partial charge in [-0.25, -0.2) is 0 Å². The summed E-state index contributed by atoms with van der Waals surface area (Å²) in [6, 6.07) is 7.16. The molecule has 0 aliphatic carbocycles. The number of hydrogen-bond acceptors (Lipinski definition) is 8. The monoisotopic (exact) mass is 889 g/mol. The van der Waals surface area contributed by atoms with Crippen LogP contribution in [0.2, 0.25) is 18.1 Å². The first-order valence-corrected chi connectivity index (χ1v) is 28.1. The van der Waals surface area contributed by atoms with Gasteiger partial charge in [-0.15, -0.1) is 0 Å². The van der Waals surface area contributed by atoms with Gasteiger partial charge < -0.3 is 23.7 Å².